The SMILES string of the molecule is CC1(c2nnc(N3CNC4=C3C(c3cc5ccccn5n3)NCC4)o2)CC1. The highest BCUT2D eigenvalue weighted by atomic mass is 16.4. The third-order valence-electron chi connectivity index (χ3n) is 5.89. The number of pyridine rings is 1. The third kappa shape index (κ3) is 2.29. The molecule has 1 saturated carbocycles. The largest absolute Gasteiger partial charge is 0.407 e. The van der Waals surface area contributed by atoms with E-state index in [2.05, 4.69) is 44.8 Å². The van der Waals surface area contributed by atoms with Gasteiger partial charge in [0.1, 0.15) is 0 Å². The molecule has 1 atom stereocenters. The van der Waals surface area contributed by atoms with Crippen LogP contribution in [-0.4, -0.2) is 33.0 Å². The van der Waals surface area contributed by atoms with Gasteiger partial charge in [0.2, 0.25) is 5.89 Å². The fourth-order valence-corrected chi connectivity index (χ4v) is 3.98. The van der Waals surface area contributed by atoms with Gasteiger partial charge in [-0.05, 0) is 31.0 Å². The van der Waals surface area contributed by atoms with Gasteiger partial charge in [-0.1, -0.05) is 18.1 Å². The average molecular weight is 363 g/mol. The van der Waals surface area contributed by atoms with Crippen LogP contribution in [0, 0.1) is 0 Å². The molecule has 1 fully saturated rings. The molecule has 0 radical (unpaired) electrons. The highest BCUT2D eigenvalue weighted by Gasteiger charge is 2.45. The monoisotopic (exact) mass is 363 g/mol. The van der Waals surface area contributed by atoms with Crippen LogP contribution < -0.4 is 15.5 Å². The molecule has 2 aliphatic heterocycles. The lowest BCUT2D eigenvalue weighted by molar-refractivity contribution is 0.445. The van der Waals surface area contributed by atoms with Crippen molar-refractivity contribution in [1.29, 1.82) is 0 Å². The fraction of sp³-hybridized carbons (Fsp3) is 0.421. The van der Waals surface area contributed by atoms with Crippen LogP contribution in [0.25, 0.3) is 5.52 Å². The number of hydrogen-bond acceptors (Lipinski definition) is 7. The Labute approximate surface area is 156 Å². The fourth-order valence-electron chi connectivity index (χ4n) is 3.98. The minimum atomic E-state index is -0.00416. The van der Waals surface area contributed by atoms with Crippen molar-refractivity contribution in [1.82, 2.24) is 30.4 Å². The van der Waals surface area contributed by atoms with Gasteiger partial charge in [-0.15, -0.1) is 5.10 Å². The van der Waals surface area contributed by atoms with Crippen molar-refractivity contribution in [2.24, 2.45) is 0 Å². The van der Waals surface area contributed by atoms with Crippen LogP contribution in [0.3, 0.4) is 0 Å². The minimum Gasteiger partial charge on any atom is -0.407 e. The maximum Gasteiger partial charge on any atom is 0.324 e. The zero-order valence-corrected chi connectivity index (χ0v) is 15.1. The number of nitrogens with one attached hydrogen (secondary N) is 2. The molecule has 8 nitrogen and oxygen atoms in total. The summed E-state index contributed by atoms with van der Waals surface area (Å²) in [5.74, 6) is 0.750. The summed E-state index contributed by atoms with van der Waals surface area (Å²) in [5.41, 5.74) is 4.52. The Morgan fingerprint density at radius 2 is 2.19 bits per heavy atom. The Bertz CT molecular complexity index is 1030. The van der Waals surface area contributed by atoms with Gasteiger partial charge in [0.05, 0.1) is 29.6 Å². The smallest absolute Gasteiger partial charge is 0.324 e. The van der Waals surface area contributed by atoms with Crippen molar-refractivity contribution in [3.63, 3.8) is 0 Å². The molecule has 0 spiro atoms. The molecule has 1 unspecified atom stereocenters. The van der Waals surface area contributed by atoms with Gasteiger partial charge in [0.15, 0.2) is 0 Å². The molecule has 3 aliphatic rings. The van der Waals surface area contributed by atoms with Crippen LogP contribution in [0.4, 0.5) is 6.01 Å². The first-order valence-corrected chi connectivity index (χ1v) is 9.47. The van der Waals surface area contributed by atoms with Gasteiger partial charge in [-0.3, -0.25) is 4.90 Å². The van der Waals surface area contributed by atoms with E-state index in [-0.39, 0.29) is 11.5 Å². The summed E-state index contributed by atoms with van der Waals surface area (Å²) in [4.78, 5) is 2.10. The first kappa shape index (κ1) is 15.2. The second-order valence-corrected chi connectivity index (χ2v) is 7.85. The first-order chi connectivity index (χ1) is 13.2. The molecule has 0 bridgehead atoms. The molecule has 0 aromatic carbocycles. The molecular formula is C19H21N7O. The van der Waals surface area contributed by atoms with Crippen LogP contribution in [0.15, 0.2) is 46.3 Å². The molecule has 5 heterocycles. The lowest BCUT2D eigenvalue weighted by atomic mass is 10.0. The van der Waals surface area contributed by atoms with E-state index in [1.54, 1.807) is 0 Å². The molecule has 8 heteroatoms. The Morgan fingerprint density at radius 1 is 1.26 bits per heavy atom. The maximum absolute atomic E-state index is 6.06. The van der Waals surface area contributed by atoms with E-state index in [1.807, 2.05) is 22.8 Å². The van der Waals surface area contributed by atoms with Crippen molar-refractivity contribution in [3.05, 3.63) is 53.4 Å². The Morgan fingerprint density at radius 3 is 3.04 bits per heavy atom. The maximum atomic E-state index is 6.06. The van der Waals surface area contributed by atoms with Gasteiger partial charge in [-0.25, -0.2) is 4.52 Å². The number of anilines is 1. The van der Waals surface area contributed by atoms with E-state index in [4.69, 9.17) is 9.52 Å². The predicted octanol–water partition coefficient (Wildman–Crippen LogP) is 2.08. The molecule has 3 aromatic heterocycles. The summed E-state index contributed by atoms with van der Waals surface area (Å²) in [6.45, 7) is 3.73. The van der Waals surface area contributed by atoms with Crippen molar-refractivity contribution in [3.8, 4) is 0 Å². The van der Waals surface area contributed by atoms with Crippen molar-refractivity contribution < 1.29 is 4.42 Å². The number of rotatable bonds is 3. The van der Waals surface area contributed by atoms with Gasteiger partial charge in [0, 0.05) is 30.3 Å². The number of nitrogens with zero attached hydrogens (tertiary/aromatic N) is 5. The molecule has 6 rings (SSSR count). The summed E-state index contributed by atoms with van der Waals surface area (Å²) < 4.78 is 7.98. The third-order valence-corrected chi connectivity index (χ3v) is 5.89. The van der Waals surface area contributed by atoms with Gasteiger partial charge in [-0.2, -0.15) is 5.10 Å². The van der Waals surface area contributed by atoms with Crippen molar-refractivity contribution in [2.75, 3.05) is 18.1 Å². The lowest BCUT2D eigenvalue weighted by Gasteiger charge is -2.28. The van der Waals surface area contributed by atoms with Crippen LogP contribution in [0.1, 0.15) is 43.8 Å². The van der Waals surface area contributed by atoms with E-state index in [0.717, 1.165) is 48.6 Å². The Kier molecular flexibility index (Phi) is 3.00. The Balaban J connectivity index is 1.39. The van der Waals surface area contributed by atoms with E-state index < -0.39 is 0 Å². The van der Waals surface area contributed by atoms with Crippen molar-refractivity contribution >= 4 is 11.5 Å². The molecule has 3 aromatic rings. The highest BCUT2D eigenvalue weighted by Crippen LogP contribution is 2.47. The van der Waals surface area contributed by atoms with Gasteiger partial charge < -0.3 is 15.1 Å². The highest BCUT2D eigenvalue weighted by molar-refractivity contribution is 5.53. The van der Waals surface area contributed by atoms with Crippen LogP contribution >= 0.6 is 0 Å². The zero-order chi connectivity index (χ0) is 18.0. The normalized spacial score (nSPS) is 23.6. The van der Waals surface area contributed by atoms with Gasteiger partial charge >= 0.3 is 6.01 Å². The molecular weight excluding hydrogens is 342 g/mol. The predicted molar refractivity (Wildman–Crippen MR) is 98.9 cm³/mol. The van der Waals surface area contributed by atoms with E-state index in [0.29, 0.717) is 12.7 Å². The zero-order valence-electron chi connectivity index (χ0n) is 15.1. The lowest BCUT2D eigenvalue weighted by Crippen LogP contribution is -2.35. The summed E-state index contributed by atoms with van der Waals surface area (Å²) in [6.07, 6.45) is 5.16. The summed E-state index contributed by atoms with van der Waals surface area (Å²) in [7, 11) is 0. The molecule has 0 amide bonds. The second kappa shape index (κ2) is 5.32. The van der Waals surface area contributed by atoms with E-state index in [9.17, 15) is 0 Å². The van der Waals surface area contributed by atoms with Crippen molar-refractivity contribution in [2.45, 2.75) is 37.6 Å². The molecule has 138 valence electrons. The van der Waals surface area contributed by atoms with Crippen LogP contribution in [0.5, 0.6) is 0 Å². The van der Waals surface area contributed by atoms with E-state index >= 15 is 0 Å². The standard InChI is InChI=1S/C19H21N7O/c1-19(6-7-19)17-22-23-18(27-17)25-11-21-13-5-8-20-15(16(13)25)14-10-12-4-2-3-9-26(12)24-14/h2-4,9-10,15,20-21H,5-8,11H2,1H3. The average Bonchev–Trinajstić information content (AvgIpc) is 3.14. The molecule has 2 N–H and O–H groups in total. The topological polar surface area (TPSA) is 83.5 Å². The van der Waals surface area contributed by atoms with Gasteiger partial charge in [0.25, 0.3) is 0 Å². The number of fused-ring (bicyclic) bond motifs is 1. The number of hydrogen-bond donors (Lipinski definition) is 2. The second-order valence-electron chi connectivity index (χ2n) is 7.85. The summed E-state index contributed by atoms with van der Waals surface area (Å²) >= 11 is 0. The minimum absolute atomic E-state index is 0.00416. The Hall–Kier alpha value is -2.87. The van der Waals surface area contributed by atoms with E-state index in [1.165, 1.54) is 5.70 Å². The summed E-state index contributed by atoms with van der Waals surface area (Å²) in [6, 6.07) is 8.78. The molecule has 0 saturated heterocycles. The van der Waals surface area contributed by atoms with Crippen LogP contribution in [0.2, 0.25) is 0 Å². The van der Waals surface area contributed by atoms with Crippen LogP contribution in [-0.2, 0) is 5.41 Å². The molecule has 1 aliphatic carbocycles. The molecule has 27 heavy (non-hydrogen) atoms. The summed E-state index contributed by atoms with van der Waals surface area (Å²) in [5, 5.41) is 20.6. The first-order valence-electron chi connectivity index (χ1n) is 9.47. The quantitative estimate of drug-likeness (QED) is 0.737. The number of aromatic nitrogens is 4.